The van der Waals surface area contributed by atoms with E-state index in [2.05, 4.69) is 24.2 Å². The van der Waals surface area contributed by atoms with E-state index in [-0.39, 0.29) is 0 Å². The van der Waals surface area contributed by atoms with Crippen LogP contribution in [0.3, 0.4) is 0 Å². The second-order valence-electron chi connectivity index (χ2n) is 8.76. The van der Waals surface area contributed by atoms with E-state index in [1.165, 1.54) is 44.9 Å². The van der Waals surface area contributed by atoms with Gasteiger partial charge in [0.2, 0.25) is 0 Å². The highest BCUT2D eigenvalue weighted by Crippen LogP contribution is 2.36. The molecule has 0 saturated carbocycles. The van der Waals surface area contributed by atoms with E-state index in [0.29, 0.717) is 17.9 Å². The molecule has 0 N–H and O–H groups in total. The summed E-state index contributed by atoms with van der Waals surface area (Å²) in [6, 6.07) is 23.1. The molecule has 4 nitrogen and oxygen atoms in total. The summed E-state index contributed by atoms with van der Waals surface area (Å²) in [6.45, 7) is 2.95. The zero-order valence-electron chi connectivity index (χ0n) is 20.0. The predicted octanol–water partition coefficient (Wildman–Crippen LogP) is 7.80. The van der Waals surface area contributed by atoms with Gasteiger partial charge in [-0.15, -0.1) is 0 Å². The van der Waals surface area contributed by atoms with Gasteiger partial charge in [-0.25, -0.2) is 4.79 Å². The van der Waals surface area contributed by atoms with E-state index >= 15 is 0 Å². The van der Waals surface area contributed by atoms with Gasteiger partial charge in [0.15, 0.2) is 0 Å². The normalized spacial score (nSPS) is 11.6. The molecule has 4 rings (SSSR count). The van der Waals surface area contributed by atoms with Crippen molar-refractivity contribution in [2.75, 3.05) is 6.61 Å². The quantitative estimate of drug-likeness (QED) is 0.124. The van der Waals surface area contributed by atoms with Gasteiger partial charge in [0, 0.05) is 11.1 Å². The highest BCUT2D eigenvalue weighted by molar-refractivity contribution is 6.24. The Balaban J connectivity index is 1.27. The fourth-order valence-corrected chi connectivity index (χ4v) is 4.35. The van der Waals surface area contributed by atoms with Crippen LogP contribution in [0.25, 0.3) is 11.1 Å². The van der Waals surface area contributed by atoms with Gasteiger partial charge in [0.1, 0.15) is 11.5 Å². The van der Waals surface area contributed by atoms with Gasteiger partial charge in [0.05, 0.1) is 12.2 Å². The molecule has 0 spiro atoms. The third-order valence-electron chi connectivity index (χ3n) is 6.23. The van der Waals surface area contributed by atoms with Crippen LogP contribution < -0.4 is 4.74 Å². The maximum absolute atomic E-state index is 12.6. The van der Waals surface area contributed by atoms with Crippen LogP contribution in [0.15, 0.2) is 78.0 Å². The van der Waals surface area contributed by atoms with Crippen LogP contribution in [-0.4, -0.2) is 18.3 Å². The van der Waals surface area contributed by atoms with Crippen LogP contribution in [0.4, 0.5) is 0 Å². The minimum atomic E-state index is -0.482. The molecule has 0 bridgehead atoms. The second-order valence-corrected chi connectivity index (χ2v) is 8.76. The van der Waals surface area contributed by atoms with Crippen LogP contribution in [0.1, 0.15) is 79.8 Å². The number of carbonyl (C=O) groups is 1. The first-order valence-corrected chi connectivity index (χ1v) is 12.5. The molecule has 3 aromatic carbocycles. The first-order chi connectivity index (χ1) is 16.8. The van der Waals surface area contributed by atoms with Crippen molar-refractivity contribution in [2.45, 2.75) is 58.3 Å². The molecule has 0 fully saturated rings. The Morgan fingerprint density at radius 2 is 1.21 bits per heavy atom. The first kappa shape index (κ1) is 23.7. The van der Waals surface area contributed by atoms with Gasteiger partial charge >= 0.3 is 5.97 Å². The SMILES string of the molecule is CCCCCCCCCCOc1ccc(C(=O)ON=C2c3ccccc3-c3ccccc32)cc1. The summed E-state index contributed by atoms with van der Waals surface area (Å²) in [4.78, 5) is 17.9. The molecule has 0 unspecified atom stereocenters. The number of nitrogens with zero attached hydrogens (tertiary/aromatic N) is 1. The molecule has 0 saturated heterocycles. The number of hydrogen-bond donors (Lipinski definition) is 0. The fraction of sp³-hybridized carbons (Fsp3) is 0.333. The van der Waals surface area contributed by atoms with Crippen molar-refractivity contribution in [1.82, 2.24) is 0 Å². The lowest BCUT2D eigenvalue weighted by atomic mass is 10.1. The Bertz CT molecular complexity index is 1070. The molecule has 0 radical (unpaired) electrons. The number of rotatable bonds is 12. The van der Waals surface area contributed by atoms with Gasteiger partial charge in [-0.05, 0) is 41.8 Å². The molecule has 0 aliphatic heterocycles. The Morgan fingerprint density at radius 3 is 1.79 bits per heavy atom. The highest BCUT2D eigenvalue weighted by Gasteiger charge is 2.25. The van der Waals surface area contributed by atoms with E-state index in [9.17, 15) is 4.79 Å². The molecule has 0 heterocycles. The predicted molar refractivity (Wildman–Crippen MR) is 137 cm³/mol. The summed E-state index contributed by atoms with van der Waals surface area (Å²) in [5.74, 6) is 0.286. The molecule has 4 heteroatoms. The summed E-state index contributed by atoms with van der Waals surface area (Å²) in [5.41, 5.74) is 5.28. The number of fused-ring (bicyclic) bond motifs is 3. The van der Waals surface area contributed by atoms with Gasteiger partial charge in [-0.1, -0.05) is 106 Å². The summed E-state index contributed by atoms with van der Waals surface area (Å²) in [7, 11) is 0. The number of carbonyl (C=O) groups excluding carboxylic acids is 1. The van der Waals surface area contributed by atoms with Gasteiger partial charge in [-0.2, -0.15) is 0 Å². The summed E-state index contributed by atoms with van der Waals surface area (Å²) in [6.07, 6.45) is 10.2. The summed E-state index contributed by atoms with van der Waals surface area (Å²) < 4.78 is 5.83. The van der Waals surface area contributed by atoms with Gasteiger partial charge in [-0.3, -0.25) is 0 Å². The number of oxime groups is 1. The lowest BCUT2D eigenvalue weighted by molar-refractivity contribution is 0.0517. The van der Waals surface area contributed by atoms with Crippen LogP contribution >= 0.6 is 0 Å². The Labute approximate surface area is 202 Å². The standard InChI is InChI=1S/C30H33NO3/c1-2-3-4-5-6-7-8-13-22-33-24-20-18-23(19-21-24)30(32)34-31-29-27-16-11-9-14-25(27)26-15-10-12-17-28(26)29/h9-12,14-21H,2-8,13,22H2,1H3. The molecular weight excluding hydrogens is 422 g/mol. The van der Waals surface area contributed by atoms with Crippen molar-refractivity contribution in [3.05, 3.63) is 89.5 Å². The van der Waals surface area contributed by atoms with Crippen molar-refractivity contribution in [2.24, 2.45) is 5.16 Å². The maximum atomic E-state index is 12.6. The lowest BCUT2D eigenvalue weighted by Crippen LogP contribution is -2.05. The average molecular weight is 456 g/mol. The number of benzene rings is 3. The molecule has 34 heavy (non-hydrogen) atoms. The fourth-order valence-electron chi connectivity index (χ4n) is 4.35. The highest BCUT2D eigenvalue weighted by atomic mass is 16.7. The van der Waals surface area contributed by atoms with Crippen molar-refractivity contribution < 1.29 is 14.4 Å². The molecule has 3 aromatic rings. The van der Waals surface area contributed by atoms with Crippen molar-refractivity contribution >= 4 is 11.7 Å². The van der Waals surface area contributed by atoms with Crippen molar-refractivity contribution in [3.63, 3.8) is 0 Å². The second kappa shape index (κ2) is 12.2. The van der Waals surface area contributed by atoms with Crippen LogP contribution in [0.5, 0.6) is 5.75 Å². The first-order valence-electron chi connectivity index (χ1n) is 12.5. The Hall–Kier alpha value is -3.40. The van der Waals surface area contributed by atoms with Crippen LogP contribution in [0, 0.1) is 0 Å². The van der Waals surface area contributed by atoms with Gasteiger partial charge < -0.3 is 9.57 Å². The van der Waals surface area contributed by atoms with E-state index in [0.717, 1.165) is 34.4 Å². The van der Waals surface area contributed by atoms with E-state index in [4.69, 9.17) is 9.57 Å². The largest absolute Gasteiger partial charge is 0.494 e. The zero-order chi connectivity index (χ0) is 23.6. The van der Waals surface area contributed by atoms with Crippen molar-refractivity contribution in [1.29, 1.82) is 0 Å². The minimum absolute atomic E-state index is 0.448. The lowest BCUT2D eigenvalue weighted by Gasteiger charge is -2.07. The van der Waals surface area contributed by atoms with Crippen LogP contribution in [0.2, 0.25) is 0 Å². The number of hydrogen-bond acceptors (Lipinski definition) is 4. The molecule has 0 amide bonds. The summed E-state index contributed by atoms with van der Waals surface area (Å²) in [5, 5.41) is 4.24. The Morgan fingerprint density at radius 1 is 0.676 bits per heavy atom. The monoisotopic (exact) mass is 455 g/mol. The maximum Gasteiger partial charge on any atom is 0.365 e. The van der Waals surface area contributed by atoms with Gasteiger partial charge in [0.25, 0.3) is 0 Å². The molecule has 1 aliphatic rings. The van der Waals surface area contributed by atoms with Crippen LogP contribution in [-0.2, 0) is 4.84 Å². The average Bonchev–Trinajstić information content (AvgIpc) is 3.20. The summed E-state index contributed by atoms with van der Waals surface area (Å²) >= 11 is 0. The number of unbranched alkanes of at least 4 members (excludes halogenated alkanes) is 7. The molecule has 0 aromatic heterocycles. The third kappa shape index (κ3) is 5.93. The van der Waals surface area contributed by atoms with Crippen molar-refractivity contribution in [3.8, 4) is 16.9 Å². The van der Waals surface area contributed by atoms with E-state index in [1.54, 1.807) is 12.1 Å². The van der Waals surface area contributed by atoms with E-state index in [1.807, 2.05) is 48.5 Å². The third-order valence-corrected chi connectivity index (χ3v) is 6.23. The minimum Gasteiger partial charge on any atom is -0.494 e. The zero-order valence-corrected chi connectivity index (χ0v) is 20.0. The smallest absolute Gasteiger partial charge is 0.365 e. The topological polar surface area (TPSA) is 47.9 Å². The molecule has 1 aliphatic carbocycles. The molecule has 0 atom stereocenters. The molecule has 176 valence electrons. The van der Waals surface area contributed by atoms with E-state index < -0.39 is 5.97 Å². The molecular formula is C30H33NO3. The number of ether oxygens (including phenoxy) is 1. The Kier molecular flexibility index (Phi) is 8.50.